The van der Waals surface area contributed by atoms with Crippen molar-refractivity contribution in [3.63, 3.8) is 0 Å². The van der Waals surface area contributed by atoms with E-state index in [0.29, 0.717) is 46.5 Å². The Morgan fingerprint density at radius 3 is 1.60 bits per heavy atom. The number of unbranched alkanes of at least 4 members (excludes halogenated alkanes) is 1. The number of aliphatic hydroxyl groups is 1. The van der Waals surface area contributed by atoms with Gasteiger partial charge in [-0.05, 0) is 115 Å². The van der Waals surface area contributed by atoms with Gasteiger partial charge < -0.3 is 91.2 Å². The first-order valence-corrected chi connectivity index (χ1v) is 34.0. The first-order valence-electron chi connectivity index (χ1n) is 33.6. The van der Waals surface area contributed by atoms with Crippen molar-refractivity contribution < 1.29 is 67.7 Å². The van der Waals surface area contributed by atoms with Crippen LogP contribution in [0.5, 0.6) is 5.75 Å². The zero-order chi connectivity index (χ0) is 74.4. The molecular weight excluding hydrogens is 1340 g/mol. The number of aromatic hydroxyl groups is 1. The number of halogens is 1. The lowest BCUT2D eigenvalue weighted by Crippen LogP contribution is -2.61. The summed E-state index contributed by atoms with van der Waals surface area (Å²) in [6, 6.07) is 13.5. The van der Waals surface area contributed by atoms with Gasteiger partial charge in [-0.15, -0.1) is 0 Å². The Hall–Kier alpha value is -10.9. The minimum Gasteiger partial charge on any atom is -0.508 e. The zero-order valence-electron chi connectivity index (χ0n) is 57.1. The first kappa shape index (κ1) is 80.0. The molecule has 6 rings (SSSR count). The monoisotopic (exact) mass is 1430 g/mol. The van der Waals surface area contributed by atoms with Crippen LogP contribution in [-0.2, 0) is 78.4 Å². The highest BCUT2D eigenvalue weighted by Gasteiger charge is 2.40. The number of amides is 13. The summed E-state index contributed by atoms with van der Waals surface area (Å²) in [5.74, 6) is -9.49. The summed E-state index contributed by atoms with van der Waals surface area (Å²) in [7, 11) is 0. The predicted molar refractivity (Wildman–Crippen MR) is 379 cm³/mol. The van der Waals surface area contributed by atoms with Crippen molar-refractivity contribution in [2.24, 2.45) is 27.9 Å². The molecule has 1 fully saturated rings. The lowest BCUT2D eigenvalue weighted by molar-refractivity contribution is -0.142. The number of urea groups is 1. The smallest absolute Gasteiger partial charge is 0.312 e. The molecule has 5 aromatic rings. The van der Waals surface area contributed by atoms with Crippen LogP contribution in [0.4, 0.5) is 4.79 Å². The highest BCUT2D eigenvalue weighted by molar-refractivity contribution is 6.30. The number of hydrogen-bond acceptors (Lipinski definition) is 16. The van der Waals surface area contributed by atoms with E-state index in [1.807, 2.05) is 49.4 Å². The molecular formula is C70H92ClN17O14. The second-order valence-corrected chi connectivity index (χ2v) is 25.3. The number of nitrogens with one attached hydrogen (secondary N) is 10. The van der Waals surface area contributed by atoms with Gasteiger partial charge in [0.2, 0.25) is 65.0 Å². The van der Waals surface area contributed by atoms with E-state index in [0.717, 1.165) is 10.8 Å². The number of phenols is 1. The summed E-state index contributed by atoms with van der Waals surface area (Å²) in [5, 5.41) is 49.6. The van der Waals surface area contributed by atoms with Gasteiger partial charge in [0.15, 0.2) is 5.96 Å². The molecule has 32 heteroatoms. The van der Waals surface area contributed by atoms with Crippen molar-refractivity contribution in [2.45, 2.75) is 165 Å². The fraction of sp³-hybridized carbons (Fsp3) is 0.429. The topological polar surface area (TPSA) is 498 Å². The number of carbonyl (C=O) groups is 12. The van der Waals surface area contributed by atoms with E-state index in [2.05, 4.69) is 63.1 Å². The standard InChI is InChI=1S/C70H92ClN17O14/c1-4-5-15-50(61(94)83-52(17-10-30-77-69(73)74)68(101)88-32-11-18-58(88)67(100)79-40(2)59(72)92)81-60(93)51(16-9-31-78-70(75)102)82-63(96)54(35-43-22-27-49(91)28-23-43)86-66(99)57(39-89)87-65(98)56(37-45-12-8-29-76-38-45)85-64(97)55(34-42-20-25-48(71)26-21-42)84-62(95)53(80-41(3)90)36-44-19-24-46-13-6-7-14-47(46)33-44/h6-8,12-14,19-29,33,38,40,50-58,89,91H,4-5,9-11,15-18,30-32,34-37,39H2,1-3H3,(H2,72,92)(H,79,100)(H,80,90)(H,81,93)(H,82,96)(H,83,94)(H,84,95)(H,85,97)(H,86,99)(H,87,98)(H4,73,74,77)(H3,75,78,102)/t40-,50+,51-,52+,53-,54+,55-,56-,57+,58+/m1/s1. The van der Waals surface area contributed by atoms with Crippen LogP contribution in [0.2, 0.25) is 5.02 Å². The molecule has 13 amide bonds. The molecule has 102 heavy (non-hydrogen) atoms. The minimum absolute atomic E-state index is 0.00453. The minimum atomic E-state index is -1.85. The Morgan fingerprint density at radius 1 is 0.569 bits per heavy atom. The van der Waals surface area contributed by atoms with Crippen molar-refractivity contribution in [3.8, 4) is 5.75 Å². The second kappa shape index (κ2) is 40.3. The molecule has 20 N–H and O–H groups in total. The molecule has 0 saturated carbocycles. The number of aliphatic hydroxyl groups excluding tert-OH is 1. The number of hydrogen-bond donors (Lipinski definition) is 16. The van der Waals surface area contributed by atoms with E-state index >= 15 is 0 Å². The molecule has 0 spiro atoms. The molecule has 31 nitrogen and oxygen atoms in total. The predicted octanol–water partition coefficient (Wildman–Crippen LogP) is -0.572. The van der Waals surface area contributed by atoms with Crippen molar-refractivity contribution >= 4 is 99.3 Å². The summed E-state index contributed by atoms with van der Waals surface area (Å²) in [5.41, 5.74) is 23.9. The number of nitrogens with zero attached hydrogens (tertiary/aromatic N) is 3. The van der Waals surface area contributed by atoms with Gasteiger partial charge in [-0.2, -0.15) is 0 Å². The molecule has 1 aliphatic rings. The van der Waals surface area contributed by atoms with E-state index in [-0.39, 0.29) is 95.6 Å². The molecule has 1 aliphatic heterocycles. The van der Waals surface area contributed by atoms with Gasteiger partial charge in [0.1, 0.15) is 66.2 Å². The molecule has 1 saturated heterocycles. The van der Waals surface area contributed by atoms with Crippen LogP contribution in [0.15, 0.2) is 121 Å². The Bertz CT molecular complexity index is 3750. The van der Waals surface area contributed by atoms with Gasteiger partial charge in [0.05, 0.1) is 6.61 Å². The normalized spacial score (nSPS) is 15.1. The van der Waals surface area contributed by atoms with E-state index in [1.165, 1.54) is 55.4 Å². The number of rotatable bonds is 39. The second-order valence-electron chi connectivity index (χ2n) is 24.9. The van der Waals surface area contributed by atoms with E-state index in [1.54, 1.807) is 36.4 Å². The number of benzene rings is 4. The molecule has 548 valence electrons. The number of guanidine groups is 1. The Kier molecular flexibility index (Phi) is 31.7. The van der Waals surface area contributed by atoms with Gasteiger partial charge in [0.25, 0.3) is 0 Å². The number of nitrogens with two attached hydrogens (primary N) is 4. The maximum atomic E-state index is 14.9. The van der Waals surface area contributed by atoms with Crippen LogP contribution in [0.3, 0.4) is 0 Å². The van der Waals surface area contributed by atoms with Crippen molar-refractivity contribution in [2.75, 3.05) is 26.2 Å². The molecule has 0 bridgehead atoms. The number of fused-ring (bicyclic) bond motifs is 1. The fourth-order valence-electron chi connectivity index (χ4n) is 11.4. The Labute approximate surface area is 595 Å². The fourth-order valence-corrected chi connectivity index (χ4v) is 11.5. The lowest BCUT2D eigenvalue weighted by Gasteiger charge is -2.30. The van der Waals surface area contributed by atoms with E-state index in [4.69, 9.17) is 34.5 Å². The number of likely N-dealkylation sites (tertiary alicyclic amines) is 1. The third-order valence-electron chi connectivity index (χ3n) is 16.8. The average molecular weight is 1430 g/mol. The van der Waals surface area contributed by atoms with Gasteiger partial charge in [0, 0.05) is 69.7 Å². The van der Waals surface area contributed by atoms with Gasteiger partial charge in [-0.3, -0.25) is 62.7 Å². The van der Waals surface area contributed by atoms with E-state index in [9.17, 15) is 67.7 Å². The number of phenolic OH excluding ortho intramolecular Hbond substituents is 1. The number of pyridine rings is 1. The molecule has 0 radical (unpaired) electrons. The summed E-state index contributed by atoms with van der Waals surface area (Å²) >= 11 is 6.23. The van der Waals surface area contributed by atoms with Crippen LogP contribution in [0, 0.1) is 0 Å². The lowest BCUT2D eigenvalue weighted by atomic mass is 9.99. The number of primary amides is 2. The van der Waals surface area contributed by atoms with Crippen molar-refractivity contribution in [1.29, 1.82) is 0 Å². The molecule has 1 aromatic heterocycles. The molecule has 0 aliphatic carbocycles. The SMILES string of the molecule is CCCC[C@H](NC(=O)[C@@H](CCCNC(N)=O)NC(=O)[C@H](Cc1ccc(O)cc1)NC(=O)[C@H](CO)NC(=O)[C@@H](Cc1cccnc1)NC(=O)[C@@H](Cc1ccc(Cl)cc1)NC(=O)[C@@H](Cc1ccc2ccccc2c1)NC(C)=O)C(=O)N[C@@H](CCCN=C(N)N)C(=O)N1CCC[C@H]1C(=O)N[C@H](C)C(N)=O. The zero-order valence-corrected chi connectivity index (χ0v) is 57.8. The number of aromatic nitrogens is 1. The average Bonchev–Trinajstić information content (AvgIpc) is 1.63. The summed E-state index contributed by atoms with van der Waals surface area (Å²) < 4.78 is 0. The molecule has 0 unspecified atom stereocenters. The van der Waals surface area contributed by atoms with Gasteiger partial charge >= 0.3 is 6.03 Å². The van der Waals surface area contributed by atoms with Crippen LogP contribution in [0.1, 0.15) is 101 Å². The highest BCUT2D eigenvalue weighted by Crippen LogP contribution is 2.22. The van der Waals surface area contributed by atoms with Crippen molar-refractivity contribution in [1.82, 2.24) is 63.1 Å². The summed E-state index contributed by atoms with van der Waals surface area (Å²) in [6.45, 7) is 3.47. The van der Waals surface area contributed by atoms with Crippen LogP contribution in [0.25, 0.3) is 10.8 Å². The largest absolute Gasteiger partial charge is 0.508 e. The van der Waals surface area contributed by atoms with Gasteiger partial charge in [-0.25, -0.2) is 4.79 Å². The van der Waals surface area contributed by atoms with E-state index < -0.39 is 138 Å². The summed E-state index contributed by atoms with van der Waals surface area (Å²) in [6.07, 6.45) is 3.67. The third-order valence-corrected chi connectivity index (χ3v) is 17.1. The van der Waals surface area contributed by atoms with Crippen LogP contribution >= 0.6 is 11.6 Å². The van der Waals surface area contributed by atoms with Gasteiger partial charge in [-0.1, -0.05) is 104 Å². The molecule has 10 atom stereocenters. The quantitative estimate of drug-likeness (QED) is 0.0133. The molecule has 2 heterocycles. The summed E-state index contributed by atoms with van der Waals surface area (Å²) in [4.78, 5) is 176. The molecule has 4 aromatic carbocycles. The first-order chi connectivity index (χ1) is 48.7. The van der Waals surface area contributed by atoms with Crippen LogP contribution < -0.4 is 76.1 Å². The Morgan fingerprint density at radius 2 is 1.06 bits per heavy atom. The third kappa shape index (κ3) is 26.0. The number of carbonyl (C=O) groups excluding carboxylic acids is 12. The van der Waals surface area contributed by atoms with Crippen LogP contribution in [-0.4, -0.2) is 184 Å². The number of aliphatic imine (C=N–C) groups is 1. The maximum absolute atomic E-state index is 14.9. The highest BCUT2D eigenvalue weighted by atomic mass is 35.5. The Balaban J connectivity index is 1.25. The van der Waals surface area contributed by atoms with Crippen molar-refractivity contribution in [3.05, 3.63) is 143 Å². The maximum Gasteiger partial charge on any atom is 0.312 e.